The molecule has 1 unspecified atom stereocenters. The second-order valence-electron chi connectivity index (χ2n) is 5.54. The third kappa shape index (κ3) is 3.04. The normalized spacial score (nSPS) is 14.0. The van der Waals surface area contributed by atoms with Gasteiger partial charge in [0.1, 0.15) is 17.5 Å². The molecule has 23 heavy (non-hydrogen) atoms. The van der Waals surface area contributed by atoms with Gasteiger partial charge in [-0.3, -0.25) is 9.59 Å². The summed E-state index contributed by atoms with van der Waals surface area (Å²) in [6.45, 7) is 3.05. The third-order valence-electron chi connectivity index (χ3n) is 3.78. The highest BCUT2D eigenvalue weighted by Crippen LogP contribution is 2.42. The minimum Gasteiger partial charge on any atom is -0.457 e. The number of amides is 2. The molecule has 0 spiro atoms. The van der Waals surface area contributed by atoms with Crippen LogP contribution in [0.3, 0.4) is 0 Å². The molecule has 5 heteroatoms. The van der Waals surface area contributed by atoms with Gasteiger partial charge in [-0.15, -0.1) is 0 Å². The lowest BCUT2D eigenvalue weighted by molar-refractivity contribution is -0.128. The fourth-order valence-corrected chi connectivity index (χ4v) is 2.70. The summed E-state index contributed by atoms with van der Waals surface area (Å²) in [6, 6.07) is 14.3. The van der Waals surface area contributed by atoms with Crippen molar-refractivity contribution in [2.24, 2.45) is 0 Å². The van der Waals surface area contributed by atoms with E-state index in [0.717, 1.165) is 22.6 Å². The number of hydrogen-bond donors (Lipinski definition) is 2. The van der Waals surface area contributed by atoms with Crippen molar-refractivity contribution in [1.29, 1.82) is 0 Å². The van der Waals surface area contributed by atoms with E-state index in [2.05, 4.69) is 10.6 Å². The molecule has 1 atom stereocenters. The number of benzene rings is 2. The number of fused-ring (bicyclic) bond motifs is 2. The van der Waals surface area contributed by atoms with Crippen molar-refractivity contribution in [1.82, 2.24) is 10.6 Å². The predicted molar refractivity (Wildman–Crippen MR) is 86.2 cm³/mol. The molecule has 118 valence electrons. The molecule has 2 aromatic carbocycles. The van der Waals surface area contributed by atoms with Gasteiger partial charge in [-0.25, -0.2) is 0 Å². The maximum atomic E-state index is 12.4. The molecular formula is C18H18N2O3. The zero-order valence-electron chi connectivity index (χ0n) is 13.0. The molecule has 0 aromatic heterocycles. The van der Waals surface area contributed by atoms with Crippen molar-refractivity contribution < 1.29 is 14.3 Å². The quantitative estimate of drug-likeness (QED) is 0.915. The van der Waals surface area contributed by atoms with Crippen LogP contribution in [0.1, 0.15) is 31.0 Å². The van der Waals surface area contributed by atoms with Crippen LogP contribution in [0.5, 0.6) is 11.5 Å². The van der Waals surface area contributed by atoms with E-state index in [-0.39, 0.29) is 17.9 Å². The van der Waals surface area contributed by atoms with Gasteiger partial charge in [0.05, 0.1) is 6.04 Å². The summed E-state index contributed by atoms with van der Waals surface area (Å²) in [7, 11) is 0. The van der Waals surface area contributed by atoms with Crippen molar-refractivity contribution in [3.63, 3.8) is 0 Å². The van der Waals surface area contributed by atoms with Crippen LogP contribution in [0.15, 0.2) is 48.5 Å². The van der Waals surface area contributed by atoms with Crippen LogP contribution in [-0.2, 0) is 9.59 Å². The number of carbonyl (C=O) groups excluding carboxylic acids is 2. The van der Waals surface area contributed by atoms with Crippen molar-refractivity contribution in [2.45, 2.75) is 25.9 Å². The van der Waals surface area contributed by atoms with Crippen LogP contribution in [0, 0.1) is 0 Å². The second-order valence-corrected chi connectivity index (χ2v) is 5.54. The fourth-order valence-electron chi connectivity index (χ4n) is 2.70. The van der Waals surface area contributed by atoms with E-state index in [1.54, 1.807) is 6.92 Å². The molecule has 0 fully saturated rings. The highest BCUT2D eigenvalue weighted by atomic mass is 16.5. The molecule has 1 heterocycles. The smallest absolute Gasteiger partial charge is 0.243 e. The molecule has 3 rings (SSSR count). The fraction of sp³-hybridized carbons (Fsp3) is 0.222. The van der Waals surface area contributed by atoms with Crippen molar-refractivity contribution >= 4 is 11.8 Å². The first kappa shape index (κ1) is 15.1. The molecule has 2 N–H and O–H groups in total. The van der Waals surface area contributed by atoms with Gasteiger partial charge in [0, 0.05) is 18.1 Å². The van der Waals surface area contributed by atoms with E-state index in [1.165, 1.54) is 6.92 Å². The van der Waals surface area contributed by atoms with Crippen molar-refractivity contribution in [3.8, 4) is 11.5 Å². The lowest BCUT2D eigenvalue weighted by atomic mass is 9.94. The Morgan fingerprint density at radius 3 is 2.04 bits per heavy atom. The molecule has 1 aliphatic heterocycles. The van der Waals surface area contributed by atoms with Gasteiger partial charge < -0.3 is 15.4 Å². The standard InChI is InChI=1S/C18H18N2O3/c1-11(19-12(2)21)18(22)20-17-13-7-3-5-9-15(13)23-16-10-6-4-8-14(16)17/h3-11,17H,1-2H3,(H,19,21)(H,20,22). The Balaban J connectivity index is 1.92. The minimum absolute atomic E-state index is 0.236. The minimum atomic E-state index is -0.602. The van der Waals surface area contributed by atoms with E-state index in [4.69, 9.17) is 4.74 Å². The number of ether oxygens (including phenoxy) is 1. The largest absolute Gasteiger partial charge is 0.457 e. The van der Waals surface area contributed by atoms with Crippen molar-refractivity contribution in [2.75, 3.05) is 0 Å². The first-order valence-corrected chi connectivity index (χ1v) is 7.49. The molecule has 2 amide bonds. The van der Waals surface area contributed by atoms with Gasteiger partial charge in [0.2, 0.25) is 11.8 Å². The molecule has 0 bridgehead atoms. The molecular weight excluding hydrogens is 292 g/mol. The van der Waals surface area contributed by atoms with E-state index in [9.17, 15) is 9.59 Å². The van der Waals surface area contributed by atoms with E-state index in [0.29, 0.717) is 0 Å². The third-order valence-corrected chi connectivity index (χ3v) is 3.78. The Hall–Kier alpha value is -2.82. The molecule has 0 saturated heterocycles. The topological polar surface area (TPSA) is 67.4 Å². The Bertz CT molecular complexity index is 712. The van der Waals surface area contributed by atoms with Crippen LogP contribution in [-0.4, -0.2) is 17.9 Å². The predicted octanol–water partition coefficient (Wildman–Crippen LogP) is 2.52. The highest BCUT2D eigenvalue weighted by Gasteiger charge is 2.29. The van der Waals surface area contributed by atoms with E-state index < -0.39 is 6.04 Å². The molecule has 1 aliphatic rings. The summed E-state index contributed by atoms with van der Waals surface area (Å²) >= 11 is 0. The van der Waals surface area contributed by atoms with Crippen LogP contribution in [0.4, 0.5) is 0 Å². The summed E-state index contributed by atoms with van der Waals surface area (Å²) in [5.74, 6) is 0.976. The summed E-state index contributed by atoms with van der Waals surface area (Å²) in [4.78, 5) is 23.5. The zero-order valence-corrected chi connectivity index (χ0v) is 13.0. The Morgan fingerprint density at radius 1 is 1.00 bits per heavy atom. The number of nitrogens with one attached hydrogen (secondary N) is 2. The lowest BCUT2D eigenvalue weighted by Crippen LogP contribution is -2.45. The molecule has 0 saturated carbocycles. The number of rotatable bonds is 3. The van der Waals surface area contributed by atoms with Gasteiger partial charge >= 0.3 is 0 Å². The summed E-state index contributed by atoms with van der Waals surface area (Å²) < 4.78 is 5.89. The van der Waals surface area contributed by atoms with Crippen LogP contribution in [0.25, 0.3) is 0 Å². The van der Waals surface area contributed by atoms with Gasteiger partial charge in [-0.2, -0.15) is 0 Å². The molecule has 0 aliphatic carbocycles. The van der Waals surface area contributed by atoms with Crippen LogP contribution >= 0.6 is 0 Å². The molecule has 0 radical (unpaired) electrons. The zero-order chi connectivity index (χ0) is 16.4. The summed E-state index contributed by atoms with van der Waals surface area (Å²) in [5, 5.41) is 5.60. The van der Waals surface area contributed by atoms with E-state index in [1.807, 2.05) is 48.5 Å². The Kier molecular flexibility index (Phi) is 4.02. The first-order valence-electron chi connectivity index (χ1n) is 7.49. The number of para-hydroxylation sites is 2. The van der Waals surface area contributed by atoms with Gasteiger partial charge in [-0.05, 0) is 19.1 Å². The SMILES string of the molecule is CC(=O)NC(C)C(=O)NC1c2ccccc2Oc2ccccc21. The Morgan fingerprint density at radius 2 is 1.52 bits per heavy atom. The van der Waals surface area contributed by atoms with Gasteiger partial charge in [0.25, 0.3) is 0 Å². The summed E-state index contributed by atoms with van der Waals surface area (Å²) in [6.07, 6.45) is 0. The lowest BCUT2D eigenvalue weighted by Gasteiger charge is -2.29. The van der Waals surface area contributed by atoms with Crippen molar-refractivity contribution in [3.05, 3.63) is 59.7 Å². The molecule has 2 aromatic rings. The van der Waals surface area contributed by atoms with Gasteiger partial charge in [0.15, 0.2) is 0 Å². The van der Waals surface area contributed by atoms with Crippen LogP contribution < -0.4 is 15.4 Å². The maximum absolute atomic E-state index is 12.4. The Labute approximate surface area is 134 Å². The monoisotopic (exact) mass is 310 g/mol. The second kappa shape index (κ2) is 6.12. The average Bonchev–Trinajstić information content (AvgIpc) is 2.53. The number of hydrogen-bond acceptors (Lipinski definition) is 3. The van der Waals surface area contributed by atoms with Crippen LogP contribution in [0.2, 0.25) is 0 Å². The van der Waals surface area contributed by atoms with Gasteiger partial charge in [-0.1, -0.05) is 36.4 Å². The highest BCUT2D eigenvalue weighted by molar-refractivity contribution is 5.87. The maximum Gasteiger partial charge on any atom is 0.243 e. The number of carbonyl (C=O) groups is 2. The average molecular weight is 310 g/mol. The first-order chi connectivity index (χ1) is 11.1. The summed E-state index contributed by atoms with van der Waals surface area (Å²) in [5.41, 5.74) is 1.80. The van der Waals surface area contributed by atoms with E-state index >= 15 is 0 Å². The molecule has 5 nitrogen and oxygen atoms in total.